The van der Waals surface area contributed by atoms with Crippen LogP contribution in [-0.2, 0) is 0 Å². The third kappa shape index (κ3) is 4.30. The fourth-order valence-corrected chi connectivity index (χ4v) is 1.54. The lowest BCUT2D eigenvalue weighted by atomic mass is 10.2. The number of rotatable bonds is 5. The maximum absolute atomic E-state index is 5.77. The molecule has 4 nitrogen and oxygen atoms in total. The van der Waals surface area contributed by atoms with Crippen molar-refractivity contribution in [1.82, 2.24) is 9.97 Å². The van der Waals surface area contributed by atoms with Crippen molar-refractivity contribution in [2.45, 2.75) is 46.1 Å². The van der Waals surface area contributed by atoms with Crippen LogP contribution in [-0.4, -0.2) is 29.6 Å². The second-order valence-corrected chi connectivity index (χ2v) is 5.07. The summed E-state index contributed by atoms with van der Waals surface area (Å²) in [7, 11) is 2.05. The highest BCUT2D eigenvalue weighted by Crippen LogP contribution is 2.16. The third-order valence-corrected chi connectivity index (χ3v) is 2.69. The average Bonchev–Trinajstić information content (AvgIpc) is 2.24. The van der Waals surface area contributed by atoms with Crippen molar-refractivity contribution in [3.05, 3.63) is 17.6 Å². The van der Waals surface area contributed by atoms with Crippen molar-refractivity contribution in [3.63, 3.8) is 0 Å². The molecule has 0 saturated carbocycles. The van der Waals surface area contributed by atoms with Gasteiger partial charge in [-0.1, -0.05) is 13.8 Å². The van der Waals surface area contributed by atoms with E-state index in [0.29, 0.717) is 5.92 Å². The Kier molecular flexibility index (Phi) is 4.87. The molecule has 1 unspecified atom stereocenters. The predicted octanol–water partition coefficient (Wildman–Crippen LogP) is 2.08. The summed E-state index contributed by atoms with van der Waals surface area (Å²) in [5.41, 5.74) is 6.79. The van der Waals surface area contributed by atoms with Gasteiger partial charge in [-0.05, 0) is 20.3 Å². The van der Waals surface area contributed by atoms with Crippen molar-refractivity contribution in [2.75, 3.05) is 18.5 Å². The molecule has 0 spiro atoms. The minimum absolute atomic E-state index is 0.227. The van der Waals surface area contributed by atoms with Crippen molar-refractivity contribution < 1.29 is 0 Å². The number of hydrogen-bond donors (Lipinski definition) is 1. The summed E-state index contributed by atoms with van der Waals surface area (Å²) in [6, 6.07) is 2.25. The fraction of sp³-hybridized carbons (Fsp3) is 0.692. The van der Waals surface area contributed by atoms with E-state index in [0.717, 1.165) is 30.3 Å². The molecule has 0 fully saturated rings. The zero-order valence-electron chi connectivity index (χ0n) is 11.6. The Morgan fingerprint density at radius 3 is 2.47 bits per heavy atom. The van der Waals surface area contributed by atoms with Gasteiger partial charge < -0.3 is 10.6 Å². The molecule has 96 valence electrons. The van der Waals surface area contributed by atoms with E-state index >= 15 is 0 Å². The zero-order chi connectivity index (χ0) is 13.0. The van der Waals surface area contributed by atoms with Gasteiger partial charge in [-0.15, -0.1) is 0 Å². The monoisotopic (exact) mass is 236 g/mol. The molecule has 1 aromatic heterocycles. The Morgan fingerprint density at radius 1 is 1.29 bits per heavy atom. The second-order valence-electron chi connectivity index (χ2n) is 5.07. The summed E-state index contributed by atoms with van der Waals surface area (Å²) in [6.07, 6.45) is 0.969. The van der Waals surface area contributed by atoms with E-state index in [1.165, 1.54) is 0 Å². The molecule has 1 atom stereocenters. The van der Waals surface area contributed by atoms with E-state index in [4.69, 9.17) is 5.73 Å². The average molecular weight is 236 g/mol. The van der Waals surface area contributed by atoms with Gasteiger partial charge in [-0.25, -0.2) is 9.97 Å². The second kappa shape index (κ2) is 5.96. The van der Waals surface area contributed by atoms with Crippen LogP contribution >= 0.6 is 0 Å². The van der Waals surface area contributed by atoms with Gasteiger partial charge in [0, 0.05) is 37.3 Å². The maximum Gasteiger partial charge on any atom is 0.133 e. The Bertz CT molecular complexity index is 360. The Morgan fingerprint density at radius 2 is 1.94 bits per heavy atom. The van der Waals surface area contributed by atoms with Crippen LogP contribution in [0, 0.1) is 6.92 Å². The van der Waals surface area contributed by atoms with E-state index < -0.39 is 0 Å². The van der Waals surface area contributed by atoms with Gasteiger partial charge in [0.1, 0.15) is 11.6 Å². The van der Waals surface area contributed by atoms with Gasteiger partial charge in [-0.2, -0.15) is 0 Å². The molecule has 2 N–H and O–H groups in total. The number of nitrogens with zero attached hydrogens (tertiary/aromatic N) is 3. The molecule has 0 saturated heterocycles. The van der Waals surface area contributed by atoms with Gasteiger partial charge in [0.25, 0.3) is 0 Å². The normalized spacial score (nSPS) is 12.9. The molecule has 0 aliphatic carbocycles. The largest absolute Gasteiger partial charge is 0.360 e. The minimum Gasteiger partial charge on any atom is -0.360 e. The Labute approximate surface area is 104 Å². The number of hydrogen-bond acceptors (Lipinski definition) is 4. The van der Waals surface area contributed by atoms with Crippen molar-refractivity contribution in [1.29, 1.82) is 0 Å². The summed E-state index contributed by atoms with van der Waals surface area (Å²) in [5.74, 6) is 2.25. The molecule has 1 heterocycles. The van der Waals surface area contributed by atoms with Crippen LogP contribution in [0.4, 0.5) is 5.82 Å². The number of nitrogens with two attached hydrogens (primary N) is 1. The first-order chi connectivity index (χ1) is 7.90. The topological polar surface area (TPSA) is 55.0 Å². The predicted molar refractivity (Wildman–Crippen MR) is 72.4 cm³/mol. The van der Waals surface area contributed by atoms with E-state index in [1.807, 2.05) is 27.0 Å². The van der Waals surface area contributed by atoms with E-state index in [1.54, 1.807) is 0 Å². The summed E-state index contributed by atoms with van der Waals surface area (Å²) in [6.45, 7) is 9.18. The lowest BCUT2D eigenvalue weighted by molar-refractivity contribution is 0.653. The number of aryl methyl sites for hydroxylation is 1. The highest BCUT2D eigenvalue weighted by Gasteiger charge is 2.09. The van der Waals surface area contributed by atoms with Gasteiger partial charge in [0.05, 0.1) is 0 Å². The van der Waals surface area contributed by atoms with Crippen LogP contribution in [0.25, 0.3) is 0 Å². The summed E-state index contributed by atoms with van der Waals surface area (Å²) < 4.78 is 0. The molecule has 0 aliphatic heterocycles. The number of aromatic nitrogens is 2. The maximum atomic E-state index is 5.77. The van der Waals surface area contributed by atoms with Gasteiger partial charge >= 0.3 is 0 Å². The first-order valence-electron chi connectivity index (χ1n) is 6.22. The fourth-order valence-electron chi connectivity index (χ4n) is 1.54. The minimum atomic E-state index is 0.227. The first-order valence-corrected chi connectivity index (χ1v) is 6.22. The lowest BCUT2D eigenvalue weighted by Gasteiger charge is -2.20. The lowest BCUT2D eigenvalue weighted by Crippen LogP contribution is -2.26. The summed E-state index contributed by atoms with van der Waals surface area (Å²) in [4.78, 5) is 11.2. The molecular formula is C13H24N4. The number of anilines is 1. The zero-order valence-corrected chi connectivity index (χ0v) is 11.6. The van der Waals surface area contributed by atoms with Crippen molar-refractivity contribution >= 4 is 5.82 Å². The highest BCUT2D eigenvalue weighted by molar-refractivity contribution is 5.38. The van der Waals surface area contributed by atoms with E-state index in [2.05, 4.69) is 28.7 Å². The van der Waals surface area contributed by atoms with Crippen LogP contribution < -0.4 is 10.6 Å². The van der Waals surface area contributed by atoms with Crippen molar-refractivity contribution in [3.8, 4) is 0 Å². The molecule has 0 radical (unpaired) electrons. The molecule has 0 bridgehead atoms. The Balaban J connectivity index is 2.82. The van der Waals surface area contributed by atoms with Crippen molar-refractivity contribution in [2.24, 2.45) is 5.73 Å². The summed E-state index contributed by atoms with van der Waals surface area (Å²) >= 11 is 0. The van der Waals surface area contributed by atoms with E-state index in [9.17, 15) is 0 Å². The standard InChI is InChI=1S/C13H24N4/c1-9(2)13-15-11(4)8-12(16-13)17(5)7-6-10(3)14/h8-10H,6-7,14H2,1-5H3. The third-order valence-electron chi connectivity index (χ3n) is 2.69. The van der Waals surface area contributed by atoms with Crippen LogP contribution in [0.1, 0.15) is 44.6 Å². The van der Waals surface area contributed by atoms with Gasteiger partial charge in [0.15, 0.2) is 0 Å². The van der Waals surface area contributed by atoms with Crippen LogP contribution in [0.15, 0.2) is 6.07 Å². The Hall–Kier alpha value is -1.16. The van der Waals surface area contributed by atoms with Crippen LogP contribution in [0.3, 0.4) is 0 Å². The van der Waals surface area contributed by atoms with Crippen LogP contribution in [0.5, 0.6) is 0 Å². The molecule has 0 amide bonds. The quantitative estimate of drug-likeness (QED) is 0.850. The molecule has 17 heavy (non-hydrogen) atoms. The van der Waals surface area contributed by atoms with Gasteiger partial charge in [-0.3, -0.25) is 0 Å². The molecule has 1 aromatic rings. The van der Waals surface area contributed by atoms with E-state index in [-0.39, 0.29) is 6.04 Å². The molecule has 4 heteroatoms. The molecule has 0 aromatic carbocycles. The molecule has 1 rings (SSSR count). The van der Waals surface area contributed by atoms with Gasteiger partial charge in [0.2, 0.25) is 0 Å². The molecule has 0 aliphatic rings. The van der Waals surface area contributed by atoms with Crippen LogP contribution in [0.2, 0.25) is 0 Å². The highest BCUT2D eigenvalue weighted by atomic mass is 15.2. The first kappa shape index (κ1) is 13.9. The molecular weight excluding hydrogens is 212 g/mol. The summed E-state index contributed by atoms with van der Waals surface area (Å²) in [5, 5.41) is 0. The smallest absolute Gasteiger partial charge is 0.133 e. The SMILES string of the molecule is Cc1cc(N(C)CCC(C)N)nc(C(C)C)n1.